The van der Waals surface area contributed by atoms with Crippen molar-refractivity contribution in [3.8, 4) is 17.2 Å². The molecule has 0 radical (unpaired) electrons. The molecule has 16 heavy (non-hydrogen) atoms. The third-order valence-corrected chi connectivity index (χ3v) is 3.43. The Morgan fingerprint density at radius 2 is 1.88 bits per heavy atom. The van der Waals surface area contributed by atoms with Gasteiger partial charge in [-0.3, -0.25) is 0 Å². The Labute approximate surface area is 105 Å². The van der Waals surface area contributed by atoms with E-state index in [4.69, 9.17) is 13.9 Å². The molecule has 2 rings (SSSR count). The van der Waals surface area contributed by atoms with Crippen LogP contribution in [0.4, 0.5) is 0 Å². The number of benzene rings is 1. The summed E-state index contributed by atoms with van der Waals surface area (Å²) in [6.45, 7) is 7.64. The van der Waals surface area contributed by atoms with E-state index >= 15 is 0 Å². The minimum Gasteiger partial charge on any atom is -0.544 e. The van der Waals surface area contributed by atoms with Crippen LogP contribution in [0.25, 0.3) is 0 Å². The van der Waals surface area contributed by atoms with Gasteiger partial charge in [0.15, 0.2) is 11.5 Å². The van der Waals surface area contributed by atoms with Gasteiger partial charge in [0.2, 0.25) is 8.32 Å². The summed E-state index contributed by atoms with van der Waals surface area (Å²) in [6, 6.07) is 3.84. The molecule has 3 nitrogen and oxygen atoms in total. The van der Waals surface area contributed by atoms with Crippen molar-refractivity contribution in [2.45, 2.75) is 19.6 Å². The van der Waals surface area contributed by atoms with Crippen LogP contribution in [0.5, 0.6) is 17.2 Å². The fourth-order valence-electron chi connectivity index (χ4n) is 1.50. The van der Waals surface area contributed by atoms with Crippen LogP contribution in [0.2, 0.25) is 19.6 Å². The first kappa shape index (κ1) is 11.8. The molecule has 1 aromatic carbocycles. The molecule has 0 N–H and O–H groups in total. The Morgan fingerprint density at radius 3 is 2.56 bits per heavy atom. The van der Waals surface area contributed by atoms with Crippen molar-refractivity contribution in [3.05, 3.63) is 16.6 Å². The van der Waals surface area contributed by atoms with Gasteiger partial charge < -0.3 is 13.9 Å². The van der Waals surface area contributed by atoms with E-state index in [1.54, 1.807) is 0 Å². The predicted molar refractivity (Wildman–Crippen MR) is 69.1 cm³/mol. The van der Waals surface area contributed by atoms with E-state index in [9.17, 15) is 0 Å². The number of halogens is 1. The molecule has 1 aliphatic rings. The molecule has 1 heterocycles. The molecule has 1 aromatic rings. The second-order valence-corrected chi connectivity index (χ2v) is 9.93. The quantitative estimate of drug-likeness (QED) is 0.783. The number of fused-ring (bicyclic) bond motifs is 1. The van der Waals surface area contributed by atoms with Crippen molar-refractivity contribution in [3.63, 3.8) is 0 Å². The lowest BCUT2D eigenvalue weighted by molar-refractivity contribution is 0.170. The van der Waals surface area contributed by atoms with E-state index in [1.165, 1.54) is 0 Å². The van der Waals surface area contributed by atoms with Gasteiger partial charge in [0, 0.05) is 6.07 Å². The molecule has 0 unspecified atom stereocenters. The molecular formula is C11H15BrO3Si. The smallest absolute Gasteiger partial charge is 0.242 e. The van der Waals surface area contributed by atoms with Crippen molar-refractivity contribution >= 4 is 24.2 Å². The molecule has 0 saturated carbocycles. The first-order valence-corrected chi connectivity index (χ1v) is 9.44. The lowest BCUT2D eigenvalue weighted by Gasteiger charge is -2.23. The Kier molecular flexibility index (Phi) is 3.16. The summed E-state index contributed by atoms with van der Waals surface area (Å²) < 4.78 is 17.9. The van der Waals surface area contributed by atoms with E-state index in [2.05, 4.69) is 35.6 Å². The Bertz CT molecular complexity index is 401. The SMILES string of the molecule is C[Si](C)(C)Oc1cc(Br)c2c(c1)OCCO2. The molecule has 0 fully saturated rings. The zero-order chi connectivity index (χ0) is 11.8. The standard InChI is InChI=1S/C11H15BrO3Si/c1-16(2,3)15-8-6-9(12)11-10(7-8)13-4-5-14-11/h6-7H,4-5H2,1-3H3. The summed E-state index contributed by atoms with van der Waals surface area (Å²) in [6.07, 6.45) is 0. The highest BCUT2D eigenvalue weighted by Gasteiger charge is 2.21. The molecule has 0 aromatic heterocycles. The van der Waals surface area contributed by atoms with Crippen LogP contribution in [0, 0.1) is 0 Å². The summed E-state index contributed by atoms with van der Waals surface area (Å²) in [4.78, 5) is 0. The highest BCUT2D eigenvalue weighted by molar-refractivity contribution is 9.10. The first-order chi connectivity index (χ1) is 7.46. The van der Waals surface area contributed by atoms with Crippen LogP contribution in [0.3, 0.4) is 0 Å². The average molecular weight is 303 g/mol. The molecule has 0 atom stereocenters. The molecule has 5 heteroatoms. The van der Waals surface area contributed by atoms with E-state index in [0.29, 0.717) is 13.2 Å². The topological polar surface area (TPSA) is 27.7 Å². The summed E-state index contributed by atoms with van der Waals surface area (Å²) in [7, 11) is -1.58. The van der Waals surface area contributed by atoms with Gasteiger partial charge in [-0.15, -0.1) is 0 Å². The molecule has 88 valence electrons. The van der Waals surface area contributed by atoms with Gasteiger partial charge in [-0.25, -0.2) is 0 Å². The highest BCUT2D eigenvalue weighted by Crippen LogP contribution is 2.41. The number of hydrogen-bond donors (Lipinski definition) is 0. The second kappa shape index (κ2) is 4.29. The molecule has 0 saturated heterocycles. The Balaban J connectivity index is 2.32. The van der Waals surface area contributed by atoms with Gasteiger partial charge in [0.05, 0.1) is 4.47 Å². The van der Waals surface area contributed by atoms with Crippen molar-refractivity contribution in [2.75, 3.05) is 13.2 Å². The van der Waals surface area contributed by atoms with Crippen molar-refractivity contribution in [1.29, 1.82) is 0 Å². The molecule has 1 aliphatic heterocycles. The molecule has 0 spiro atoms. The molecule has 0 aliphatic carbocycles. The van der Waals surface area contributed by atoms with Crippen LogP contribution in [-0.2, 0) is 0 Å². The third kappa shape index (κ3) is 2.71. The zero-order valence-corrected chi connectivity index (χ0v) is 12.3. The van der Waals surface area contributed by atoms with Crippen molar-refractivity contribution in [1.82, 2.24) is 0 Å². The number of ether oxygens (including phenoxy) is 2. The van der Waals surface area contributed by atoms with Gasteiger partial charge >= 0.3 is 0 Å². The van der Waals surface area contributed by atoms with Gasteiger partial charge in [-0.2, -0.15) is 0 Å². The number of rotatable bonds is 2. The van der Waals surface area contributed by atoms with E-state index in [0.717, 1.165) is 21.7 Å². The largest absolute Gasteiger partial charge is 0.544 e. The van der Waals surface area contributed by atoms with Gasteiger partial charge in [-0.1, -0.05) is 0 Å². The van der Waals surface area contributed by atoms with Gasteiger partial charge in [0.25, 0.3) is 0 Å². The van der Waals surface area contributed by atoms with E-state index in [1.807, 2.05) is 12.1 Å². The van der Waals surface area contributed by atoms with Crippen LogP contribution >= 0.6 is 15.9 Å². The summed E-state index contributed by atoms with van der Waals surface area (Å²) >= 11 is 3.47. The maximum atomic E-state index is 5.92. The maximum absolute atomic E-state index is 5.92. The average Bonchev–Trinajstić information content (AvgIpc) is 2.15. The fourth-order valence-corrected chi connectivity index (χ4v) is 2.86. The van der Waals surface area contributed by atoms with Crippen LogP contribution < -0.4 is 13.9 Å². The fraction of sp³-hybridized carbons (Fsp3) is 0.455. The summed E-state index contributed by atoms with van der Waals surface area (Å²) in [5.41, 5.74) is 0. The highest BCUT2D eigenvalue weighted by atomic mass is 79.9. The normalized spacial score (nSPS) is 14.8. The third-order valence-electron chi connectivity index (χ3n) is 1.99. The van der Waals surface area contributed by atoms with Gasteiger partial charge in [-0.05, 0) is 41.6 Å². The summed E-state index contributed by atoms with van der Waals surface area (Å²) in [5.74, 6) is 2.37. The van der Waals surface area contributed by atoms with Gasteiger partial charge in [0.1, 0.15) is 19.0 Å². The van der Waals surface area contributed by atoms with Crippen molar-refractivity contribution < 1.29 is 13.9 Å². The minimum absolute atomic E-state index is 0.593. The molecule has 0 bridgehead atoms. The minimum atomic E-state index is -1.58. The summed E-state index contributed by atoms with van der Waals surface area (Å²) in [5, 5.41) is 0. The number of hydrogen-bond acceptors (Lipinski definition) is 3. The zero-order valence-electron chi connectivity index (χ0n) is 9.67. The van der Waals surface area contributed by atoms with Crippen LogP contribution in [0.1, 0.15) is 0 Å². The predicted octanol–water partition coefficient (Wildman–Crippen LogP) is 3.43. The Hall–Kier alpha value is -0.683. The van der Waals surface area contributed by atoms with Crippen LogP contribution in [0.15, 0.2) is 16.6 Å². The first-order valence-electron chi connectivity index (χ1n) is 5.24. The lowest BCUT2D eigenvalue weighted by atomic mass is 10.3. The van der Waals surface area contributed by atoms with E-state index < -0.39 is 8.32 Å². The molecule has 0 amide bonds. The maximum Gasteiger partial charge on any atom is 0.242 e. The van der Waals surface area contributed by atoms with E-state index in [-0.39, 0.29) is 0 Å². The Morgan fingerprint density at radius 1 is 1.19 bits per heavy atom. The molecular weight excluding hydrogens is 288 g/mol. The van der Waals surface area contributed by atoms with Crippen LogP contribution in [-0.4, -0.2) is 21.5 Å². The second-order valence-electron chi connectivity index (χ2n) is 4.64. The van der Waals surface area contributed by atoms with Crippen molar-refractivity contribution in [2.24, 2.45) is 0 Å². The lowest BCUT2D eigenvalue weighted by Crippen LogP contribution is -2.29. The monoisotopic (exact) mass is 302 g/mol.